The summed E-state index contributed by atoms with van der Waals surface area (Å²) in [6, 6.07) is 4.18. The Balaban J connectivity index is 2.03. The average Bonchev–Trinajstić information content (AvgIpc) is 2.59. The SMILES string of the molecule is COC(Cc1nc(N2CCOC[C@@H]2C)c2cccnc2n1)OC. The minimum Gasteiger partial charge on any atom is -0.377 e. The number of hydrogen-bond acceptors (Lipinski definition) is 7. The zero-order chi connectivity index (χ0) is 16.2. The number of methoxy groups -OCH3 is 2. The van der Waals surface area contributed by atoms with Crippen molar-refractivity contribution in [3.05, 3.63) is 24.2 Å². The maximum atomic E-state index is 5.53. The van der Waals surface area contributed by atoms with Crippen LogP contribution in [0.4, 0.5) is 5.82 Å². The highest BCUT2D eigenvalue weighted by molar-refractivity contribution is 5.87. The Labute approximate surface area is 135 Å². The number of nitrogens with zero attached hydrogens (tertiary/aromatic N) is 4. The van der Waals surface area contributed by atoms with Crippen molar-refractivity contribution in [2.75, 3.05) is 38.9 Å². The number of ether oxygens (including phenoxy) is 3. The third-order valence-electron chi connectivity index (χ3n) is 4.01. The van der Waals surface area contributed by atoms with Crippen LogP contribution in [0.2, 0.25) is 0 Å². The molecule has 1 aliphatic heterocycles. The van der Waals surface area contributed by atoms with Crippen molar-refractivity contribution in [2.24, 2.45) is 0 Å². The summed E-state index contributed by atoms with van der Waals surface area (Å²) in [5, 5.41) is 0.955. The van der Waals surface area contributed by atoms with Gasteiger partial charge in [0.25, 0.3) is 0 Å². The summed E-state index contributed by atoms with van der Waals surface area (Å²) in [4.78, 5) is 16.0. The van der Waals surface area contributed by atoms with Crippen molar-refractivity contribution in [1.29, 1.82) is 0 Å². The van der Waals surface area contributed by atoms with E-state index in [1.165, 1.54) is 0 Å². The molecule has 1 saturated heterocycles. The molecule has 1 aliphatic rings. The van der Waals surface area contributed by atoms with Crippen LogP contribution >= 0.6 is 0 Å². The van der Waals surface area contributed by atoms with Gasteiger partial charge in [-0.25, -0.2) is 15.0 Å². The molecule has 7 heteroatoms. The second-order valence-electron chi connectivity index (χ2n) is 5.56. The second-order valence-corrected chi connectivity index (χ2v) is 5.56. The molecule has 0 unspecified atom stereocenters. The summed E-state index contributed by atoms with van der Waals surface area (Å²) in [6.45, 7) is 4.33. The summed E-state index contributed by atoms with van der Waals surface area (Å²) >= 11 is 0. The summed E-state index contributed by atoms with van der Waals surface area (Å²) in [5.74, 6) is 1.57. The molecule has 0 aromatic carbocycles. The zero-order valence-corrected chi connectivity index (χ0v) is 13.7. The summed E-state index contributed by atoms with van der Waals surface area (Å²) in [6.07, 6.45) is 1.85. The maximum absolute atomic E-state index is 5.53. The van der Waals surface area contributed by atoms with Gasteiger partial charge in [-0.1, -0.05) is 0 Å². The molecule has 0 N–H and O–H groups in total. The van der Waals surface area contributed by atoms with Crippen LogP contribution < -0.4 is 4.90 Å². The van der Waals surface area contributed by atoms with E-state index in [0.717, 1.165) is 17.7 Å². The van der Waals surface area contributed by atoms with Gasteiger partial charge in [-0.2, -0.15) is 0 Å². The van der Waals surface area contributed by atoms with Crippen LogP contribution in [-0.4, -0.2) is 61.3 Å². The largest absolute Gasteiger partial charge is 0.377 e. The Morgan fingerprint density at radius 2 is 2.17 bits per heavy atom. The minimum atomic E-state index is -0.369. The van der Waals surface area contributed by atoms with Crippen LogP contribution in [0.1, 0.15) is 12.7 Å². The predicted octanol–water partition coefficient (Wildman–Crippen LogP) is 1.41. The molecule has 3 heterocycles. The van der Waals surface area contributed by atoms with E-state index in [1.807, 2.05) is 12.1 Å². The highest BCUT2D eigenvalue weighted by atomic mass is 16.7. The van der Waals surface area contributed by atoms with Gasteiger partial charge in [0, 0.05) is 27.0 Å². The van der Waals surface area contributed by atoms with E-state index >= 15 is 0 Å². The molecular formula is C16H22N4O3. The fourth-order valence-corrected chi connectivity index (χ4v) is 2.75. The van der Waals surface area contributed by atoms with Crippen LogP contribution in [0.15, 0.2) is 18.3 Å². The van der Waals surface area contributed by atoms with Crippen molar-refractivity contribution in [2.45, 2.75) is 25.7 Å². The van der Waals surface area contributed by atoms with Gasteiger partial charge in [-0.3, -0.25) is 0 Å². The van der Waals surface area contributed by atoms with Gasteiger partial charge in [0.15, 0.2) is 11.9 Å². The van der Waals surface area contributed by atoms with Gasteiger partial charge in [-0.15, -0.1) is 0 Å². The number of anilines is 1. The minimum absolute atomic E-state index is 0.260. The van der Waals surface area contributed by atoms with Crippen molar-refractivity contribution in [1.82, 2.24) is 15.0 Å². The predicted molar refractivity (Wildman–Crippen MR) is 86.5 cm³/mol. The van der Waals surface area contributed by atoms with Gasteiger partial charge < -0.3 is 19.1 Å². The molecule has 124 valence electrons. The Hall–Kier alpha value is -1.83. The molecule has 2 aromatic rings. The van der Waals surface area contributed by atoms with Crippen LogP contribution in [0, 0.1) is 0 Å². The fourth-order valence-electron chi connectivity index (χ4n) is 2.75. The van der Waals surface area contributed by atoms with E-state index < -0.39 is 0 Å². The summed E-state index contributed by atoms with van der Waals surface area (Å²) < 4.78 is 16.1. The van der Waals surface area contributed by atoms with E-state index in [0.29, 0.717) is 31.1 Å². The monoisotopic (exact) mass is 318 g/mol. The molecule has 1 fully saturated rings. The molecule has 0 bridgehead atoms. The molecule has 0 saturated carbocycles. The number of morpholine rings is 1. The molecule has 3 rings (SSSR count). The lowest BCUT2D eigenvalue weighted by Gasteiger charge is -2.35. The van der Waals surface area contributed by atoms with E-state index in [-0.39, 0.29) is 12.3 Å². The van der Waals surface area contributed by atoms with E-state index in [1.54, 1.807) is 20.4 Å². The number of aromatic nitrogens is 3. The normalized spacial score (nSPS) is 18.8. The van der Waals surface area contributed by atoms with Gasteiger partial charge in [0.05, 0.1) is 31.1 Å². The summed E-state index contributed by atoms with van der Waals surface area (Å²) in [5.41, 5.74) is 0.692. The van der Waals surface area contributed by atoms with Crippen molar-refractivity contribution < 1.29 is 14.2 Å². The number of hydrogen-bond donors (Lipinski definition) is 0. The number of fused-ring (bicyclic) bond motifs is 1. The molecule has 0 amide bonds. The van der Waals surface area contributed by atoms with Gasteiger partial charge in [0.1, 0.15) is 11.6 Å². The molecule has 0 aliphatic carbocycles. The zero-order valence-electron chi connectivity index (χ0n) is 13.7. The highest BCUT2D eigenvalue weighted by Gasteiger charge is 2.24. The first-order chi connectivity index (χ1) is 11.2. The van der Waals surface area contributed by atoms with Crippen LogP contribution in [0.5, 0.6) is 0 Å². The molecule has 7 nitrogen and oxygen atoms in total. The van der Waals surface area contributed by atoms with Crippen molar-refractivity contribution >= 4 is 16.9 Å². The fraction of sp³-hybridized carbons (Fsp3) is 0.562. The van der Waals surface area contributed by atoms with Crippen LogP contribution in [-0.2, 0) is 20.6 Å². The second kappa shape index (κ2) is 7.16. The Bertz CT molecular complexity index is 663. The quantitative estimate of drug-likeness (QED) is 0.772. The molecule has 0 spiro atoms. The van der Waals surface area contributed by atoms with E-state index in [4.69, 9.17) is 19.2 Å². The molecule has 2 aromatic heterocycles. The lowest BCUT2D eigenvalue weighted by molar-refractivity contribution is -0.101. The molecule has 1 atom stereocenters. The third-order valence-corrected chi connectivity index (χ3v) is 4.01. The van der Waals surface area contributed by atoms with Crippen molar-refractivity contribution in [3.8, 4) is 0 Å². The maximum Gasteiger partial charge on any atom is 0.164 e. The first-order valence-electron chi connectivity index (χ1n) is 7.74. The topological polar surface area (TPSA) is 69.6 Å². The Kier molecular flexibility index (Phi) is 5.00. The molecular weight excluding hydrogens is 296 g/mol. The highest BCUT2D eigenvalue weighted by Crippen LogP contribution is 2.26. The standard InChI is InChI=1S/C16H22N4O3/c1-11-10-23-8-7-20(11)16-12-5-4-6-17-15(12)18-13(19-16)9-14(21-2)22-3/h4-6,11,14H,7-10H2,1-3H3/t11-/m0/s1. The number of rotatable bonds is 5. The van der Waals surface area contributed by atoms with Gasteiger partial charge in [-0.05, 0) is 19.1 Å². The molecule has 23 heavy (non-hydrogen) atoms. The first-order valence-corrected chi connectivity index (χ1v) is 7.74. The van der Waals surface area contributed by atoms with Crippen LogP contribution in [0.3, 0.4) is 0 Å². The van der Waals surface area contributed by atoms with Gasteiger partial charge in [0.2, 0.25) is 0 Å². The first kappa shape index (κ1) is 16.0. The van der Waals surface area contributed by atoms with E-state index in [2.05, 4.69) is 21.8 Å². The Morgan fingerprint density at radius 3 is 2.91 bits per heavy atom. The van der Waals surface area contributed by atoms with Crippen LogP contribution in [0.25, 0.3) is 11.0 Å². The smallest absolute Gasteiger partial charge is 0.164 e. The molecule has 0 radical (unpaired) electrons. The van der Waals surface area contributed by atoms with Gasteiger partial charge >= 0.3 is 0 Å². The van der Waals surface area contributed by atoms with Crippen molar-refractivity contribution in [3.63, 3.8) is 0 Å². The third kappa shape index (κ3) is 3.41. The lowest BCUT2D eigenvalue weighted by Crippen LogP contribution is -2.44. The average molecular weight is 318 g/mol. The number of pyridine rings is 1. The van der Waals surface area contributed by atoms with E-state index in [9.17, 15) is 0 Å². The summed E-state index contributed by atoms with van der Waals surface area (Å²) in [7, 11) is 3.22. The lowest BCUT2D eigenvalue weighted by atomic mass is 10.2. The Morgan fingerprint density at radius 1 is 1.35 bits per heavy atom.